The number of aromatic hydroxyl groups is 1. The number of benzene rings is 1. The molecule has 0 saturated heterocycles. The van der Waals surface area contributed by atoms with Crippen LogP contribution in [-0.4, -0.2) is 5.11 Å². The maximum Gasteiger partial charge on any atom is 0.146 e. The van der Waals surface area contributed by atoms with E-state index in [0.29, 0.717) is 5.75 Å². The molecule has 0 amide bonds. The van der Waals surface area contributed by atoms with Crippen LogP contribution in [0.2, 0.25) is 0 Å². The molecule has 1 heterocycles. The van der Waals surface area contributed by atoms with E-state index in [1.807, 2.05) is 6.07 Å². The second-order valence-electron chi connectivity index (χ2n) is 2.36. The molecule has 0 spiro atoms. The molecular formula is C8H4I2OS. The van der Waals surface area contributed by atoms with Gasteiger partial charge < -0.3 is 5.11 Å². The summed E-state index contributed by atoms with van der Waals surface area (Å²) >= 11 is 6.01. The highest BCUT2D eigenvalue weighted by molar-refractivity contribution is 14.1. The van der Waals surface area contributed by atoms with E-state index in [9.17, 15) is 5.11 Å². The number of hydrogen-bond donors (Lipinski definition) is 1. The van der Waals surface area contributed by atoms with Crippen LogP contribution in [0.25, 0.3) is 10.1 Å². The molecular weight excluding hydrogens is 398 g/mol. The molecule has 12 heavy (non-hydrogen) atoms. The molecule has 2 aromatic rings. The van der Waals surface area contributed by atoms with Crippen molar-refractivity contribution in [3.05, 3.63) is 24.7 Å². The van der Waals surface area contributed by atoms with Crippen LogP contribution in [0, 0.1) is 7.14 Å². The summed E-state index contributed by atoms with van der Waals surface area (Å²) in [5.41, 5.74) is 0. The zero-order valence-corrected chi connectivity index (χ0v) is 11.0. The third-order valence-corrected chi connectivity index (χ3v) is 4.81. The van der Waals surface area contributed by atoms with Gasteiger partial charge in [-0.15, -0.1) is 11.3 Å². The Hall–Kier alpha value is 0.440. The minimum absolute atomic E-state index is 0.418. The van der Waals surface area contributed by atoms with Gasteiger partial charge in [0, 0.05) is 14.3 Å². The van der Waals surface area contributed by atoms with Gasteiger partial charge in [0.2, 0.25) is 0 Å². The summed E-state index contributed by atoms with van der Waals surface area (Å²) < 4.78 is 3.11. The summed E-state index contributed by atoms with van der Waals surface area (Å²) in [4.78, 5) is 0. The average molecular weight is 402 g/mol. The molecule has 0 unspecified atom stereocenters. The maximum atomic E-state index is 9.67. The first-order valence-electron chi connectivity index (χ1n) is 3.24. The highest BCUT2D eigenvalue weighted by atomic mass is 127. The van der Waals surface area contributed by atoms with Gasteiger partial charge >= 0.3 is 0 Å². The van der Waals surface area contributed by atoms with Gasteiger partial charge in [0.15, 0.2) is 0 Å². The maximum absolute atomic E-state index is 9.67. The molecule has 2 rings (SSSR count). The summed E-state index contributed by atoms with van der Waals surface area (Å²) in [7, 11) is 0. The van der Waals surface area contributed by atoms with Crippen molar-refractivity contribution >= 4 is 66.6 Å². The van der Waals surface area contributed by atoms with Gasteiger partial charge in [-0.05, 0) is 51.2 Å². The van der Waals surface area contributed by atoms with Crippen molar-refractivity contribution in [1.82, 2.24) is 0 Å². The lowest BCUT2D eigenvalue weighted by Crippen LogP contribution is -1.73. The zero-order chi connectivity index (χ0) is 8.72. The molecule has 0 fully saturated rings. The molecule has 4 heteroatoms. The zero-order valence-electron chi connectivity index (χ0n) is 5.84. The van der Waals surface area contributed by atoms with E-state index in [1.165, 1.54) is 3.57 Å². The molecule has 0 aliphatic carbocycles. The SMILES string of the molecule is Oc1c(I)ccc2c(I)csc12. The van der Waals surface area contributed by atoms with E-state index in [1.54, 1.807) is 11.3 Å². The number of phenols is 1. The van der Waals surface area contributed by atoms with Crippen LogP contribution in [0.3, 0.4) is 0 Å². The molecule has 1 aromatic carbocycles. The fourth-order valence-electron chi connectivity index (χ4n) is 1.03. The molecule has 1 N–H and O–H groups in total. The fourth-order valence-corrected chi connectivity index (χ4v) is 3.55. The second-order valence-corrected chi connectivity index (χ2v) is 5.56. The molecule has 62 valence electrons. The molecule has 0 atom stereocenters. The van der Waals surface area contributed by atoms with Crippen LogP contribution < -0.4 is 0 Å². The third-order valence-electron chi connectivity index (χ3n) is 1.62. The lowest BCUT2D eigenvalue weighted by molar-refractivity contribution is 0.479. The van der Waals surface area contributed by atoms with Crippen molar-refractivity contribution < 1.29 is 5.11 Å². The van der Waals surface area contributed by atoms with E-state index < -0.39 is 0 Å². The molecule has 0 radical (unpaired) electrons. The number of hydrogen-bond acceptors (Lipinski definition) is 2. The predicted molar refractivity (Wildman–Crippen MR) is 68.9 cm³/mol. The van der Waals surface area contributed by atoms with Gasteiger partial charge in [-0.1, -0.05) is 6.07 Å². The van der Waals surface area contributed by atoms with E-state index in [0.717, 1.165) is 13.7 Å². The van der Waals surface area contributed by atoms with Crippen molar-refractivity contribution in [2.24, 2.45) is 0 Å². The van der Waals surface area contributed by atoms with Gasteiger partial charge in [0.1, 0.15) is 5.75 Å². The first kappa shape index (κ1) is 9.01. The Kier molecular flexibility index (Phi) is 2.48. The Morgan fingerprint density at radius 1 is 1.17 bits per heavy atom. The Labute approximate surface area is 101 Å². The number of halogens is 2. The van der Waals surface area contributed by atoms with Crippen molar-refractivity contribution in [3.8, 4) is 5.75 Å². The van der Waals surface area contributed by atoms with Crippen molar-refractivity contribution in [2.75, 3.05) is 0 Å². The Morgan fingerprint density at radius 2 is 1.92 bits per heavy atom. The fraction of sp³-hybridized carbons (Fsp3) is 0. The molecule has 0 aliphatic heterocycles. The molecule has 1 nitrogen and oxygen atoms in total. The molecule has 0 saturated carbocycles. The Balaban J connectivity index is 2.93. The van der Waals surface area contributed by atoms with Crippen LogP contribution in [0.4, 0.5) is 0 Å². The van der Waals surface area contributed by atoms with E-state index in [4.69, 9.17) is 0 Å². The van der Waals surface area contributed by atoms with Gasteiger partial charge in [-0.3, -0.25) is 0 Å². The van der Waals surface area contributed by atoms with Crippen LogP contribution >= 0.6 is 56.5 Å². The molecule has 1 aromatic heterocycles. The van der Waals surface area contributed by atoms with Gasteiger partial charge in [-0.2, -0.15) is 0 Å². The van der Waals surface area contributed by atoms with Crippen molar-refractivity contribution in [2.45, 2.75) is 0 Å². The van der Waals surface area contributed by atoms with Crippen LogP contribution in [-0.2, 0) is 0 Å². The highest BCUT2D eigenvalue weighted by Crippen LogP contribution is 2.36. The first-order valence-corrected chi connectivity index (χ1v) is 6.28. The lowest BCUT2D eigenvalue weighted by atomic mass is 10.2. The first-order chi connectivity index (χ1) is 5.70. The minimum atomic E-state index is 0.418. The third kappa shape index (κ3) is 1.33. The molecule has 0 aliphatic rings. The lowest BCUT2D eigenvalue weighted by Gasteiger charge is -1.97. The number of thiophene rings is 1. The normalized spacial score (nSPS) is 10.8. The quantitative estimate of drug-likeness (QED) is 0.665. The highest BCUT2D eigenvalue weighted by Gasteiger charge is 2.07. The van der Waals surface area contributed by atoms with Crippen LogP contribution in [0.15, 0.2) is 17.5 Å². The van der Waals surface area contributed by atoms with Gasteiger partial charge in [-0.25, -0.2) is 0 Å². The largest absolute Gasteiger partial charge is 0.505 e. The number of phenolic OH excluding ortho intramolecular Hbond substituents is 1. The predicted octanol–water partition coefficient (Wildman–Crippen LogP) is 3.82. The van der Waals surface area contributed by atoms with Crippen molar-refractivity contribution in [1.29, 1.82) is 0 Å². The summed E-state index contributed by atoms with van der Waals surface area (Å²) in [6, 6.07) is 3.99. The smallest absolute Gasteiger partial charge is 0.146 e. The van der Waals surface area contributed by atoms with E-state index in [2.05, 4.69) is 56.6 Å². The summed E-state index contributed by atoms with van der Waals surface area (Å²) in [6.45, 7) is 0. The van der Waals surface area contributed by atoms with E-state index >= 15 is 0 Å². The Morgan fingerprint density at radius 3 is 2.67 bits per heavy atom. The van der Waals surface area contributed by atoms with E-state index in [-0.39, 0.29) is 0 Å². The second kappa shape index (κ2) is 3.30. The monoisotopic (exact) mass is 402 g/mol. The van der Waals surface area contributed by atoms with Crippen LogP contribution in [0.1, 0.15) is 0 Å². The summed E-state index contributed by atoms with van der Waals surface area (Å²) in [6.07, 6.45) is 0. The van der Waals surface area contributed by atoms with Crippen LogP contribution in [0.5, 0.6) is 5.75 Å². The minimum Gasteiger partial charge on any atom is -0.505 e. The topological polar surface area (TPSA) is 20.2 Å². The number of rotatable bonds is 0. The number of fused-ring (bicyclic) bond motifs is 1. The Bertz CT molecular complexity index is 436. The van der Waals surface area contributed by atoms with Gasteiger partial charge in [0.05, 0.1) is 8.27 Å². The summed E-state index contributed by atoms with van der Waals surface area (Å²) in [5.74, 6) is 0.418. The molecule has 0 bridgehead atoms. The van der Waals surface area contributed by atoms with Gasteiger partial charge in [0.25, 0.3) is 0 Å². The average Bonchev–Trinajstić information content (AvgIpc) is 2.41. The standard InChI is InChI=1S/C8H4I2OS/c9-5-2-1-4-6(10)3-12-8(4)7(5)11/h1-3,11H. The van der Waals surface area contributed by atoms with Crippen molar-refractivity contribution in [3.63, 3.8) is 0 Å². The summed E-state index contributed by atoms with van der Waals surface area (Å²) in [5, 5.41) is 12.9.